The quantitative estimate of drug-likeness (QED) is 0.799. The number of hydrogen-bond acceptors (Lipinski definition) is 7. The monoisotopic (exact) mass is 405 g/mol. The van der Waals surface area contributed by atoms with E-state index in [4.69, 9.17) is 4.52 Å². The summed E-state index contributed by atoms with van der Waals surface area (Å²) in [7, 11) is -3.33. The molecular weight excluding hydrogens is 382 g/mol. The second-order valence-corrected chi connectivity index (χ2v) is 9.84. The number of hydrogen-bond donors (Lipinski definition) is 1. The van der Waals surface area contributed by atoms with Crippen LogP contribution >= 0.6 is 0 Å². The highest BCUT2D eigenvalue weighted by molar-refractivity contribution is 7.88. The predicted octanol–water partition coefficient (Wildman–Crippen LogP) is 0.803. The largest absolute Gasteiger partial charge is 0.349 e. The van der Waals surface area contributed by atoms with Gasteiger partial charge in [0.05, 0.1) is 17.2 Å². The van der Waals surface area contributed by atoms with Crippen LogP contribution in [0.5, 0.6) is 0 Å². The Morgan fingerprint density at radius 2 is 2.18 bits per heavy atom. The summed E-state index contributed by atoms with van der Waals surface area (Å²) in [6.07, 6.45) is 5.63. The average molecular weight is 405 g/mol. The van der Waals surface area contributed by atoms with Crippen LogP contribution in [0.15, 0.2) is 23.0 Å². The van der Waals surface area contributed by atoms with Crippen molar-refractivity contribution < 1.29 is 17.7 Å². The highest BCUT2D eigenvalue weighted by atomic mass is 32.2. The van der Waals surface area contributed by atoms with Gasteiger partial charge < -0.3 is 9.84 Å². The molecule has 0 spiro atoms. The van der Waals surface area contributed by atoms with Crippen molar-refractivity contribution in [3.63, 3.8) is 0 Å². The van der Waals surface area contributed by atoms with Gasteiger partial charge in [-0.25, -0.2) is 12.7 Å². The first kappa shape index (κ1) is 19.0. The fourth-order valence-electron chi connectivity index (χ4n) is 4.48. The summed E-state index contributed by atoms with van der Waals surface area (Å²) in [5.74, 6) is 0.796. The summed E-state index contributed by atoms with van der Waals surface area (Å²) in [5, 5.41) is 6.98. The van der Waals surface area contributed by atoms with Gasteiger partial charge in [0, 0.05) is 31.5 Å². The summed E-state index contributed by atoms with van der Waals surface area (Å²) in [4.78, 5) is 21.1. The molecule has 1 unspecified atom stereocenters. The Morgan fingerprint density at radius 1 is 1.39 bits per heavy atom. The van der Waals surface area contributed by atoms with E-state index in [0.29, 0.717) is 36.7 Å². The molecule has 9 nitrogen and oxygen atoms in total. The van der Waals surface area contributed by atoms with Crippen molar-refractivity contribution in [3.8, 4) is 0 Å². The Labute approximate surface area is 163 Å². The van der Waals surface area contributed by atoms with Crippen LogP contribution in [0.25, 0.3) is 0 Å². The minimum atomic E-state index is -3.33. The van der Waals surface area contributed by atoms with Crippen LogP contribution < -0.4 is 5.32 Å². The lowest BCUT2D eigenvalue weighted by Gasteiger charge is -2.25. The third-order valence-electron chi connectivity index (χ3n) is 5.89. The molecule has 150 valence electrons. The SMILES string of the molecule is Cc1noc([C@]23C[C@H](NC(=O)c4cnccc4C)CC2CN(S(C)(=O)=O)C3)n1. The topological polar surface area (TPSA) is 118 Å². The Morgan fingerprint density at radius 3 is 2.82 bits per heavy atom. The number of aromatic nitrogens is 3. The number of aryl methyl sites for hydroxylation is 2. The van der Waals surface area contributed by atoms with Gasteiger partial charge in [-0.15, -0.1) is 0 Å². The molecular formula is C18H23N5O4S. The van der Waals surface area contributed by atoms with Crippen LogP contribution in [0.4, 0.5) is 0 Å². The van der Waals surface area contributed by atoms with E-state index >= 15 is 0 Å². The summed E-state index contributed by atoms with van der Waals surface area (Å²) >= 11 is 0. The molecule has 1 saturated carbocycles. The summed E-state index contributed by atoms with van der Waals surface area (Å²) in [6.45, 7) is 4.28. The molecule has 1 N–H and O–H groups in total. The summed E-state index contributed by atoms with van der Waals surface area (Å²) in [6, 6.07) is 1.69. The molecule has 28 heavy (non-hydrogen) atoms. The van der Waals surface area contributed by atoms with E-state index in [1.807, 2.05) is 6.92 Å². The normalized spacial score (nSPS) is 27.7. The van der Waals surface area contributed by atoms with E-state index < -0.39 is 15.4 Å². The molecule has 2 aromatic heterocycles. The van der Waals surface area contributed by atoms with Crippen molar-refractivity contribution in [1.29, 1.82) is 0 Å². The summed E-state index contributed by atoms with van der Waals surface area (Å²) in [5.41, 5.74) is 0.822. The number of pyridine rings is 1. The fourth-order valence-corrected chi connectivity index (χ4v) is 5.40. The van der Waals surface area contributed by atoms with Gasteiger partial charge in [-0.3, -0.25) is 9.78 Å². The Kier molecular flexibility index (Phi) is 4.50. The van der Waals surface area contributed by atoms with E-state index in [0.717, 1.165) is 5.56 Å². The van der Waals surface area contributed by atoms with Crippen LogP contribution in [0.1, 0.15) is 40.5 Å². The van der Waals surface area contributed by atoms with E-state index in [1.54, 1.807) is 25.4 Å². The number of sulfonamides is 1. The van der Waals surface area contributed by atoms with Crippen LogP contribution in [0.3, 0.4) is 0 Å². The Balaban J connectivity index is 1.59. The van der Waals surface area contributed by atoms with Crippen LogP contribution in [0.2, 0.25) is 0 Å². The van der Waals surface area contributed by atoms with Gasteiger partial charge in [-0.05, 0) is 44.2 Å². The average Bonchev–Trinajstić information content (AvgIpc) is 3.27. The minimum Gasteiger partial charge on any atom is -0.349 e. The lowest BCUT2D eigenvalue weighted by molar-refractivity contribution is 0.0933. The van der Waals surface area contributed by atoms with Crippen molar-refractivity contribution in [2.75, 3.05) is 19.3 Å². The van der Waals surface area contributed by atoms with Gasteiger partial charge >= 0.3 is 0 Å². The van der Waals surface area contributed by atoms with E-state index in [1.165, 1.54) is 10.6 Å². The highest BCUT2D eigenvalue weighted by Crippen LogP contribution is 2.50. The molecule has 1 amide bonds. The zero-order valence-corrected chi connectivity index (χ0v) is 16.9. The van der Waals surface area contributed by atoms with Gasteiger partial charge in [0.2, 0.25) is 15.9 Å². The van der Waals surface area contributed by atoms with Gasteiger partial charge in [0.15, 0.2) is 5.82 Å². The second kappa shape index (κ2) is 6.63. The van der Waals surface area contributed by atoms with Crippen LogP contribution in [-0.2, 0) is 15.4 Å². The molecule has 10 heteroatoms. The number of rotatable bonds is 4. The number of nitrogens with one attached hydrogen (secondary N) is 1. The van der Waals surface area contributed by atoms with Crippen LogP contribution in [-0.4, -0.2) is 59.1 Å². The maximum atomic E-state index is 12.7. The molecule has 1 saturated heterocycles. The van der Waals surface area contributed by atoms with Gasteiger partial charge in [-0.1, -0.05) is 5.16 Å². The Hall–Kier alpha value is -2.33. The third kappa shape index (κ3) is 3.20. The zero-order chi connectivity index (χ0) is 20.1. The molecule has 0 bridgehead atoms. The molecule has 4 rings (SSSR count). The number of nitrogens with zero attached hydrogens (tertiary/aromatic N) is 4. The van der Waals surface area contributed by atoms with Crippen molar-refractivity contribution in [1.82, 2.24) is 24.7 Å². The highest BCUT2D eigenvalue weighted by Gasteiger charge is 2.59. The second-order valence-electron chi connectivity index (χ2n) is 7.86. The lowest BCUT2D eigenvalue weighted by Crippen LogP contribution is -2.39. The molecule has 3 heterocycles. The number of fused-ring (bicyclic) bond motifs is 1. The van der Waals surface area contributed by atoms with Crippen molar-refractivity contribution >= 4 is 15.9 Å². The summed E-state index contributed by atoms with van der Waals surface area (Å²) < 4.78 is 31.2. The third-order valence-corrected chi connectivity index (χ3v) is 7.10. The predicted molar refractivity (Wildman–Crippen MR) is 100 cm³/mol. The maximum absolute atomic E-state index is 12.7. The van der Waals surface area contributed by atoms with Crippen molar-refractivity contribution in [2.24, 2.45) is 5.92 Å². The van der Waals surface area contributed by atoms with E-state index in [-0.39, 0.29) is 24.4 Å². The number of amides is 1. The minimum absolute atomic E-state index is 0.00219. The smallest absolute Gasteiger partial charge is 0.253 e. The number of carbonyl (C=O) groups excluding carboxylic acids is 1. The van der Waals surface area contributed by atoms with Gasteiger partial charge in [0.1, 0.15) is 0 Å². The first-order valence-corrected chi connectivity index (χ1v) is 11.0. The van der Waals surface area contributed by atoms with E-state index in [9.17, 15) is 13.2 Å². The van der Waals surface area contributed by atoms with Gasteiger partial charge in [0.25, 0.3) is 5.91 Å². The van der Waals surface area contributed by atoms with E-state index in [2.05, 4.69) is 20.4 Å². The zero-order valence-electron chi connectivity index (χ0n) is 16.0. The molecule has 3 atom stereocenters. The maximum Gasteiger partial charge on any atom is 0.253 e. The van der Waals surface area contributed by atoms with Crippen molar-refractivity contribution in [2.45, 2.75) is 38.1 Å². The molecule has 1 aliphatic heterocycles. The molecule has 0 radical (unpaired) electrons. The first-order valence-electron chi connectivity index (χ1n) is 9.16. The molecule has 2 aromatic rings. The van der Waals surface area contributed by atoms with Crippen molar-refractivity contribution in [3.05, 3.63) is 41.3 Å². The lowest BCUT2D eigenvalue weighted by atomic mass is 9.80. The molecule has 2 aliphatic rings. The molecule has 2 fully saturated rings. The number of carbonyl (C=O) groups is 1. The first-order chi connectivity index (χ1) is 13.2. The van der Waals surface area contributed by atoms with Crippen LogP contribution in [0, 0.1) is 19.8 Å². The van der Waals surface area contributed by atoms with Gasteiger partial charge in [-0.2, -0.15) is 4.98 Å². The fraction of sp³-hybridized carbons (Fsp3) is 0.556. The standard InChI is InChI=1S/C18H23N5O4S/c1-11-4-5-19-8-15(11)16(24)21-14-6-13-9-23(28(3,25)26)10-18(13,7-14)17-20-12(2)22-27-17/h4-5,8,13-14H,6-7,9-10H2,1-3H3,(H,21,24)/t13?,14-,18+/m1/s1. The molecule has 0 aromatic carbocycles. The molecule has 1 aliphatic carbocycles. The Bertz CT molecular complexity index is 1020.